The van der Waals surface area contributed by atoms with Crippen LogP contribution in [0.25, 0.3) is 10.9 Å². The summed E-state index contributed by atoms with van der Waals surface area (Å²) < 4.78 is 10.9. The van der Waals surface area contributed by atoms with Crippen molar-refractivity contribution in [3.8, 4) is 0 Å². The molecule has 0 saturated carbocycles. The first-order valence-corrected chi connectivity index (χ1v) is 11.9. The molecule has 1 N–H and O–H groups in total. The van der Waals surface area contributed by atoms with Crippen molar-refractivity contribution in [3.05, 3.63) is 58.2 Å². The van der Waals surface area contributed by atoms with Gasteiger partial charge in [0.2, 0.25) is 5.91 Å². The molecule has 1 aliphatic heterocycles. The molecule has 0 spiro atoms. The molecule has 10 heteroatoms. The predicted molar refractivity (Wildman–Crippen MR) is 136 cm³/mol. The smallest absolute Gasteiger partial charge is 0.412 e. The van der Waals surface area contributed by atoms with Crippen molar-refractivity contribution in [1.29, 1.82) is 0 Å². The van der Waals surface area contributed by atoms with Crippen LogP contribution in [0, 0.1) is 6.92 Å². The van der Waals surface area contributed by atoms with Crippen LogP contribution in [-0.2, 0) is 16.1 Å². The lowest BCUT2D eigenvalue weighted by molar-refractivity contribution is -0.131. The number of hydrogen-bond donors (Lipinski definition) is 1. The van der Waals surface area contributed by atoms with E-state index >= 15 is 0 Å². The van der Waals surface area contributed by atoms with Crippen molar-refractivity contribution in [2.24, 2.45) is 0 Å². The van der Waals surface area contributed by atoms with Crippen LogP contribution in [0.15, 0.2) is 45.7 Å². The zero-order valence-corrected chi connectivity index (χ0v) is 21.2. The van der Waals surface area contributed by atoms with Crippen LogP contribution in [0.3, 0.4) is 0 Å². The second-order valence-corrected chi connectivity index (χ2v) is 9.91. The molecule has 10 nitrogen and oxygen atoms in total. The van der Waals surface area contributed by atoms with Crippen LogP contribution in [0.5, 0.6) is 0 Å². The summed E-state index contributed by atoms with van der Waals surface area (Å²) in [4.78, 5) is 50.7. The Morgan fingerprint density at radius 2 is 2.03 bits per heavy atom. The Kier molecular flexibility index (Phi) is 6.96. The van der Waals surface area contributed by atoms with Crippen molar-refractivity contribution in [3.63, 3.8) is 0 Å². The normalized spacial score (nSPS) is 15.7. The highest BCUT2D eigenvalue weighted by atomic mass is 16.6. The van der Waals surface area contributed by atoms with Crippen molar-refractivity contribution >= 4 is 34.6 Å². The van der Waals surface area contributed by atoms with Gasteiger partial charge >= 0.3 is 17.7 Å². The number of amides is 2. The third-order valence-electron chi connectivity index (χ3n) is 5.97. The van der Waals surface area contributed by atoms with Crippen LogP contribution < -0.4 is 15.8 Å². The van der Waals surface area contributed by atoms with Gasteiger partial charge in [-0.15, -0.1) is 0 Å². The number of fused-ring (bicyclic) bond motifs is 1. The molecule has 1 atom stereocenters. The summed E-state index contributed by atoms with van der Waals surface area (Å²) >= 11 is 0. The molecule has 0 bridgehead atoms. The Bertz CT molecular complexity index is 1330. The highest BCUT2D eigenvalue weighted by molar-refractivity contribution is 5.93. The third kappa shape index (κ3) is 5.48. The Morgan fingerprint density at radius 1 is 1.25 bits per heavy atom. The first kappa shape index (κ1) is 25.2. The van der Waals surface area contributed by atoms with Gasteiger partial charge < -0.3 is 19.0 Å². The maximum atomic E-state index is 13.2. The summed E-state index contributed by atoms with van der Waals surface area (Å²) in [6.07, 6.45) is 2.48. The van der Waals surface area contributed by atoms with Gasteiger partial charge in [-0.3, -0.25) is 15.1 Å². The van der Waals surface area contributed by atoms with Gasteiger partial charge in [0.15, 0.2) is 0 Å². The molecule has 4 rings (SSSR count). The van der Waals surface area contributed by atoms with Gasteiger partial charge in [-0.2, -0.15) is 4.98 Å². The topological polar surface area (TPSA) is 118 Å². The van der Waals surface area contributed by atoms with Gasteiger partial charge in [-0.25, -0.2) is 9.59 Å². The van der Waals surface area contributed by atoms with E-state index in [1.807, 2.05) is 18.2 Å². The number of ether oxygens (including phenoxy) is 1. The van der Waals surface area contributed by atoms with E-state index in [4.69, 9.17) is 9.15 Å². The van der Waals surface area contributed by atoms with E-state index in [-0.39, 0.29) is 17.3 Å². The molecule has 2 amide bonds. The lowest BCUT2D eigenvalue weighted by Crippen LogP contribution is -2.44. The molecule has 1 fully saturated rings. The van der Waals surface area contributed by atoms with E-state index in [0.717, 1.165) is 12.1 Å². The molecule has 2 aromatic heterocycles. The highest BCUT2D eigenvalue weighted by Gasteiger charge is 2.35. The maximum absolute atomic E-state index is 13.2. The second kappa shape index (κ2) is 9.96. The fourth-order valence-electron chi connectivity index (χ4n) is 4.30. The van der Waals surface area contributed by atoms with Crippen molar-refractivity contribution in [2.45, 2.75) is 58.7 Å². The number of pyridine rings is 1. The average molecular weight is 494 g/mol. The van der Waals surface area contributed by atoms with Gasteiger partial charge in [0.05, 0.1) is 23.1 Å². The number of carbonyl (C=O) groups is 2. The zero-order chi connectivity index (χ0) is 26.0. The van der Waals surface area contributed by atoms with Crippen molar-refractivity contribution in [1.82, 2.24) is 14.9 Å². The monoisotopic (exact) mass is 493 g/mol. The minimum Gasteiger partial charge on any atom is -0.444 e. The number of benzene rings is 1. The first-order chi connectivity index (χ1) is 17.0. The molecular formula is C26H31N5O5. The highest BCUT2D eigenvalue weighted by Crippen LogP contribution is 2.28. The molecule has 3 heterocycles. The quantitative estimate of drug-likeness (QED) is 0.569. The molecule has 1 aliphatic rings. The minimum absolute atomic E-state index is 0.0872. The first-order valence-electron chi connectivity index (χ1n) is 11.9. The third-order valence-corrected chi connectivity index (χ3v) is 5.97. The number of nitrogens with zero attached hydrogens (tertiary/aromatic N) is 4. The minimum atomic E-state index is -0.653. The molecular weight excluding hydrogens is 462 g/mol. The number of rotatable bonds is 5. The summed E-state index contributed by atoms with van der Waals surface area (Å²) in [5.41, 5.74) is 0.937. The molecule has 0 radical (unpaired) electrons. The van der Waals surface area contributed by atoms with E-state index in [0.29, 0.717) is 36.3 Å². The van der Waals surface area contributed by atoms with Crippen LogP contribution in [0.1, 0.15) is 44.9 Å². The molecule has 0 unspecified atom stereocenters. The van der Waals surface area contributed by atoms with Crippen molar-refractivity contribution < 1.29 is 18.7 Å². The summed E-state index contributed by atoms with van der Waals surface area (Å²) in [5, 5.41) is 2.94. The van der Waals surface area contributed by atoms with Crippen LogP contribution in [0.2, 0.25) is 0 Å². The van der Waals surface area contributed by atoms with E-state index < -0.39 is 23.4 Å². The maximum Gasteiger partial charge on any atom is 0.412 e. The summed E-state index contributed by atoms with van der Waals surface area (Å²) in [7, 11) is 1.74. The second-order valence-electron chi connectivity index (χ2n) is 9.91. The molecule has 1 saturated heterocycles. The van der Waals surface area contributed by atoms with Crippen molar-refractivity contribution in [2.75, 3.05) is 23.8 Å². The molecule has 36 heavy (non-hydrogen) atoms. The van der Waals surface area contributed by atoms with E-state index in [2.05, 4.69) is 15.3 Å². The lowest BCUT2D eigenvalue weighted by atomic mass is 10.1. The molecule has 3 aromatic rings. The Morgan fingerprint density at radius 3 is 2.72 bits per heavy atom. The molecule has 0 aliphatic carbocycles. The number of nitrogens with one attached hydrogen (secondary N) is 1. The standard InChI is InChI=1S/C26H31N5O5/c1-16-18(29-25(34)36-26(2,3)4)11-12-19-21(16)23(33)35-24(28-19)31-14-8-10-20(31)22(32)30(5)15-17-9-6-7-13-27-17/h6-7,9,11-13,20H,8,10,14-15H2,1-5H3,(H,29,34)/t20-/m0/s1. The van der Waals surface area contributed by atoms with Crippen LogP contribution in [-0.4, -0.2) is 52.1 Å². The Balaban J connectivity index is 1.57. The SMILES string of the molecule is Cc1c(NC(=O)OC(C)(C)C)ccc2nc(N3CCC[C@H]3C(=O)N(C)Cc3ccccn3)oc(=O)c12. The largest absolute Gasteiger partial charge is 0.444 e. The molecule has 1 aromatic carbocycles. The summed E-state index contributed by atoms with van der Waals surface area (Å²) in [6, 6.07) is 8.53. The van der Waals surface area contributed by atoms with Gasteiger partial charge in [0.1, 0.15) is 11.6 Å². The molecule has 190 valence electrons. The summed E-state index contributed by atoms with van der Waals surface area (Å²) in [6.45, 7) is 7.95. The number of carbonyl (C=O) groups excluding carboxylic acids is 2. The van der Waals surface area contributed by atoms with E-state index in [1.165, 1.54) is 0 Å². The Labute approximate surface area is 209 Å². The number of aryl methyl sites for hydroxylation is 1. The number of hydrogen-bond acceptors (Lipinski definition) is 8. The van der Waals surface area contributed by atoms with Crippen LogP contribution >= 0.6 is 0 Å². The van der Waals surface area contributed by atoms with Crippen LogP contribution in [0.4, 0.5) is 16.5 Å². The Hall–Kier alpha value is -3.95. The van der Waals surface area contributed by atoms with Gasteiger partial charge in [-0.1, -0.05) is 6.07 Å². The fraction of sp³-hybridized carbons (Fsp3) is 0.423. The number of likely N-dealkylation sites (N-methyl/N-ethyl adjacent to an activating group) is 1. The van der Waals surface area contributed by atoms with Gasteiger partial charge in [0.25, 0.3) is 0 Å². The number of anilines is 2. The number of aromatic nitrogens is 2. The van der Waals surface area contributed by atoms with Gasteiger partial charge in [-0.05, 0) is 70.4 Å². The fourth-order valence-corrected chi connectivity index (χ4v) is 4.30. The zero-order valence-electron chi connectivity index (χ0n) is 21.2. The van der Waals surface area contributed by atoms with E-state index in [9.17, 15) is 14.4 Å². The van der Waals surface area contributed by atoms with Gasteiger partial charge in [0, 0.05) is 25.5 Å². The average Bonchev–Trinajstić information content (AvgIpc) is 3.29. The predicted octanol–water partition coefficient (Wildman–Crippen LogP) is 3.87. The lowest BCUT2D eigenvalue weighted by Gasteiger charge is -2.27. The summed E-state index contributed by atoms with van der Waals surface area (Å²) in [5.74, 6) is -0.0872. The van der Waals surface area contributed by atoms with E-state index in [1.54, 1.807) is 62.9 Å².